The van der Waals surface area contributed by atoms with Crippen LogP contribution in [-0.2, 0) is 0 Å². The number of aromatic nitrogens is 5. The molecule has 3 aromatic heterocycles. The molecule has 192 valence electrons. The monoisotopic (exact) mass is 491 g/mol. The third-order valence-corrected chi connectivity index (χ3v) is 7.74. The number of nitrogens with one attached hydrogen (secondary N) is 1. The SMILES string of the molecule is CCC[C@H](C)Nc1ncc2c(C3CCN(C(=O)c4ncccn4)CC3)cn(C3CCC(O)CC3)c2n1. The Morgan fingerprint density at radius 2 is 1.83 bits per heavy atom. The van der Waals surface area contributed by atoms with Gasteiger partial charge in [-0.15, -0.1) is 0 Å². The van der Waals surface area contributed by atoms with E-state index in [4.69, 9.17) is 4.98 Å². The number of fused-ring (bicyclic) bond motifs is 1. The van der Waals surface area contributed by atoms with Crippen molar-refractivity contribution in [1.29, 1.82) is 0 Å². The Morgan fingerprint density at radius 1 is 1.11 bits per heavy atom. The number of anilines is 1. The first-order valence-corrected chi connectivity index (χ1v) is 13.4. The van der Waals surface area contributed by atoms with Crippen molar-refractivity contribution in [3.8, 4) is 0 Å². The van der Waals surface area contributed by atoms with Crippen molar-refractivity contribution in [2.75, 3.05) is 18.4 Å². The molecule has 9 nitrogen and oxygen atoms in total. The van der Waals surface area contributed by atoms with Gasteiger partial charge in [0.2, 0.25) is 11.8 Å². The third-order valence-electron chi connectivity index (χ3n) is 7.74. The average molecular weight is 492 g/mol. The van der Waals surface area contributed by atoms with Crippen LogP contribution in [0.1, 0.15) is 93.4 Å². The van der Waals surface area contributed by atoms with E-state index in [1.807, 2.05) is 11.1 Å². The van der Waals surface area contributed by atoms with E-state index in [1.165, 1.54) is 5.56 Å². The average Bonchev–Trinajstić information content (AvgIpc) is 3.28. The van der Waals surface area contributed by atoms with E-state index >= 15 is 0 Å². The van der Waals surface area contributed by atoms with Gasteiger partial charge in [-0.3, -0.25) is 4.79 Å². The molecule has 2 aliphatic rings. The number of aliphatic hydroxyl groups excluding tert-OH is 1. The van der Waals surface area contributed by atoms with Gasteiger partial charge in [-0.1, -0.05) is 13.3 Å². The van der Waals surface area contributed by atoms with Gasteiger partial charge in [0.1, 0.15) is 5.65 Å². The normalized spacial score (nSPS) is 22.0. The van der Waals surface area contributed by atoms with Gasteiger partial charge in [-0.25, -0.2) is 15.0 Å². The molecule has 3 aromatic rings. The van der Waals surface area contributed by atoms with E-state index in [9.17, 15) is 9.90 Å². The fourth-order valence-electron chi connectivity index (χ4n) is 5.73. The van der Waals surface area contributed by atoms with Crippen LogP contribution in [0.4, 0.5) is 5.95 Å². The first-order valence-electron chi connectivity index (χ1n) is 13.4. The zero-order valence-corrected chi connectivity index (χ0v) is 21.3. The first kappa shape index (κ1) is 24.6. The molecule has 2 fully saturated rings. The van der Waals surface area contributed by atoms with E-state index in [0.717, 1.165) is 62.4 Å². The molecule has 5 rings (SSSR count). The highest BCUT2D eigenvalue weighted by Crippen LogP contribution is 2.38. The van der Waals surface area contributed by atoms with Crippen molar-refractivity contribution >= 4 is 22.9 Å². The fourth-order valence-corrected chi connectivity index (χ4v) is 5.73. The van der Waals surface area contributed by atoms with Crippen LogP contribution in [-0.4, -0.2) is 65.7 Å². The highest BCUT2D eigenvalue weighted by Gasteiger charge is 2.30. The summed E-state index contributed by atoms with van der Waals surface area (Å²) in [6.07, 6.45) is 14.8. The predicted octanol–water partition coefficient (Wildman–Crippen LogP) is 4.32. The highest BCUT2D eigenvalue weighted by atomic mass is 16.3. The Hall–Kier alpha value is -3.07. The minimum atomic E-state index is -0.195. The Kier molecular flexibility index (Phi) is 7.46. The molecular weight excluding hydrogens is 454 g/mol. The van der Waals surface area contributed by atoms with Gasteiger partial charge in [0, 0.05) is 55.3 Å². The summed E-state index contributed by atoms with van der Waals surface area (Å²) in [5.41, 5.74) is 2.25. The summed E-state index contributed by atoms with van der Waals surface area (Å²) in [7, 11) is 0. The molecule has 2 N–H and O–H groups in total. The van der Waals surface area contributed by atoms with Gasteiger partial charge < -0.3 is 19.9 Å². The molecule has 0 bridgehead atoms. The highest BCUT2D eigenvalue weighted by molar-refractivity contribution is 5.90. The summed E-state index contributed by atoms with van der Waals surface area (Å²) in [6.45, 7) is 5.71. The van der Waals surface area contributed by atoms with Crippen molar-refractivity contribution in [1.82, 2.24) is 29.4 Å². The number of likely N-dealkylation sites (tertiary alicyclic amines) is 1. The Morgan fingerprint density at radius 3 is 2.53 bits per heavy atom. The van der Waals surface area contributed by atoms with Crippen LogP contribution in [0.25, 0.3) is 11.0 Å². The van der Waals surface area contributed by atoms with E-state index in [1.54, 1.807) is 18.5 Å². The molecular formula is C27H37N7O2. The van der Waals surface area contributed by atoms with Gasteiger partial charge in [-0.05, 0) is 69.4 Å². The first-order chi connectivity index (χ1) is 17.5. The fraction of sp³-hybridized carbons (Fsp3) is 0.593. The lowest BCUT2D eigenvalue weighted by Gasteiger charge is -2.31. The van der Waals surface area contributed by atoms with Crippen molar-refractivity contribution in [2.24, 2.45) is 0 Å². The maximum absolute atomic E-state index is 12.8. The van der Waals surface area contributed by atoms with Crippen molar-refractivity contribution in [2.45, 2.75) is 89.3 Å². The quantitative estimate of drug-likeness (QED) is 0.507. The summed E-state index contributed by atoms with van der Waals surface area (Å²) < 4.78 is 2.34. The zero-order chi connectivity index (χ0) is 25.1. The van der Waals surface area contributed by atoms with Gasteiger partial charge in [-0.2, -0.15) is 4.98 Å². The molecule has 1 saturated heterocycles. The number of nitrogens with zero attached hydrogens (tertiary/aromatic N) is 6. The molecule has 1 atom stereocenters. The summed E-state index contributed by atoms with van der Waals surface area (Å²) >= 11 is 0. The second-order valence-corrected chi connectivity index (χ2v) is 10.4. The van der Waals surface area contributed by atoms with E-state index < -0.39 is 0 Å². The smallest absolute Gasteiger partial charge is 0.291 e. The standard InChI is InChI=1S/C27H37N7O2/c1-3-5-18(2)31-27-30-16-22-23(17-34(25(22)32-27)20-6-8-21(35)9-7-20)19-10-14-33(15-11-19)26(36)24-28-12-4-13-29-24/h4,12-13,16-21,35H,3,5-11,14-15H2,1-2H3,(H,30,31,32)/t18-,20?,21?/m0/s1. The lowest BCUT2D eigenvalue weighted by atomic mass is 9.89. The number of piperidine rings is 1. The minimum Gasteiger partial charge on any atom is -0.393 e. The van der Waals surface area contributed by atoms with Gasteiger partial charge in [0.05, 0.1) is 6.10 Å². The summed E-state index contributed by atoms with van der Waals surface area (Å²) in [6, 6.07) is 2.37. The maximum Gasteiger partial charge on any atom is 0.291 e. The molecule has 1 aliphatic heterocycles. The molecule has 9 heteroatoms. The van der Waals surface area contributed by atoms with Crippen LogP contribution in [0.2, 0.25) is 0 Å². The molecule has 0 unspecified atom stereocenters. The molecule has 1 amide bonds. The van der Waals surface area contributed by atoms with Crippen LogP contribution in [0, 0.1) is 0 Å². The van der Waals surface area contributed by atoms with E-state index in [2.05, 4.69) is 44.9 Å². The Labute approximate surface area is 212 Å². The molecule has 0 spiro atoms. The number of hydrogen-bond acceptors (Lipinski definition) is 7. The number of carbonyl (C=O) groups excluding carboxylic acids is 1. The number of hydrogen-bond donors (Lipinski definition) is 2. The van der Waals surface area contributed by atoms with Crippen molar-refractivity contribution < 1.29 is 9.90 Å². The third kappa shape index (κ3) is 5.21. The number of rotatable bonds is 7. The second-order valence-electron chi connectivity index (χ2n) is 10.4. The topological polar surface area (TPSA) is 109 Å². The molecule has 1 saturated carbocycles. The van der Waals surface area contributed by atoms with E-state index in [0.29, 0.717) is 37.0 Å². The van der Waals surface area contributed by atoms with E-state index in [-0.39, 0.29) is 17.8 Å². The van der Waals surface area contributed by atoms with Crippen LogP contribution in [0.15, 0.2) is 30.9 Å². The summed E-state index contributed by atoms with van der Waals surface area (Å²) in [5, 5.41) is 14.6. The lowest BCUT2D eigenvalue weighted by molar-refractivity contribution is 0.0700. The van der Waals surface area contributed by atoms with Crippen molar-refractivity contribution in [3.05, 3.63) is 42.2 Å². The Bertz CT molecular complexity index is 1170. The maximum atomic E-state index is 12.8. The molecule has 0 aromatic carbocycles. The Balaban J connectivity index is 1.39. The van der Waals surface area contributed by atoms with Gasteiger partial charge in [0.25, 0.3) is 5.91 Å². The second kappa shape index (κ2) is 10.9. The molecule has 0 radical (unpaired) electrons. The largest absolute Gasteiger partial charge is 0.393 e. The van der Waals surface area contributed by atoms with Crippen LogP contribution in [0.5, 0.6) is 0 Å². The lowest BCUT2D eigenvalue weighted by Crippen LogP contribution is -2.38. The zero-order valence-electron chi connectivity index (χ0n) is 21.3. The summed E-state index contributed by atoms with van der Waals surface area (Å²) in [4.78, 5) is 32.6. The minimum absolute atomic E-state index is 0.0995. The van der Waals surface area contributed by atoms with Gasteiger partial charge in [0.15, 0.2) is 0 Å². The molecule has 1 aliphatic carbocycles. The molecule has 36 heavy (non-hydrogen) atoms. The number of carbonyl (C=O) groups is 1. The molecule has 4 heterocycles. The van der Waals surface area contributed by atoms with Crippen LogP contribution < -0.4 is 5.32 Å². The van der Waals surface area contributed by atoms with Crippen LogP contribution >= 0.6 is 0 Å². The number of amides is 1. The van der Waals surface area contributed by atoms with Crippen LogP contribution in [0.3, 0.4) is 0 Å². The van der Waals surface area contributed by atoms with Crippen molar-refractivity contribution in [3.63, 3.8) is 0 Å². The summed E-state index contributed by atoms with van der Waals surface area (Å²) in [5.74, 6) is 1.17. The predicted molar refractivity (Wildman–Crippen MR) is 139 cm³/mol. The van der Waals surface area contributed by atoms with Gasteiger partial charge >= 0.3 is 0 Å². The number of aliphatic hydroxyl groups is 1.